The number of nitrogens with one attached hydrogen (secondary N) is 2. The highest BCUT2D eigenvalue weighted by Gasteiger charge is 2.46. The monoisotopic (exact) mass is 898 g/mol. The fourth-order valence-electron chi connectivity index (χ4n) is 13.0. The highest BCUT2D eigenvalue weighted by Crippen LogP contribution is 2.57. The standard InChI is InChI=1S/C62H67N5O/c1-40(45-31-33-48(41-19-7-2-8-20-41)52(38-45)42-21-9-3-10-22-42)37-54(62-65-60(43-23-11-4-12-24-43)64-61(66-62)44-25-13-5-14-26-44)57(63)46-32-36-56-53(39-46)51-35-34-50-49-29-17-18-30-55(49)67(58(50)59(51)68-56)47-27-15-6-16-28-47/h2,4-7,9,11-15,17-19,21-25,29,34-35,37,39,44-45,47,53,55-56,60,62,65H,3,8,10,16,20,26-28,30-33,36,38,63H2,1H3,(H,64,66)/b40-37+,57-54+. The van der Waals surface area contributed by atoms with Crippen molar-refractivity contribution in [3.05, 3.63) is 207 Å². The van der Waals surface area contributed by atoms with E-state index in [4.69, 9.17) is 15.5 Å². The minimum absolute atomic E-state index is 0.0921. The second kappa shape index (κ2) is 18.8. The number of nitrogens with zero attached hydrogens (tertiary/aromatic N) is 2. The summed E-state index contributed by atoms with van der Waals surface area (Å²) in [5, 5.41) is 7.96. The summed E-state index contributed by atoms with van der Waals surface area (Å²) >= 11 is 0. The summed E-state index contributed by atoms with van der Waals surface area (Å²) in [6.07, 6.45) is 54.3. The molecule has 0 saturated carbocycles. The summed E-state index contributed by atoms with van der Waals surface area (Å²) in [5.41, 5.74) is 25.1. The maximum Gasteiger partial charge on any atom is 0.147 e. The number of amidine groups is 1. The summed E-state index contributed by atoms with van der Waals surface area (Å²) in [6.45, 7) is 2.37. The highest BCUT2D eigenvalue weighted by atomic mass is 16.5. The van der Waals surface area contributed by atoms with Crippen LogP contribution in [0.15, 0.2) is 195 Å². The van der Waals surface area contributed by atoms with Crippen LogP contribution in [0.1, 0.15) is 126 Å². The Balaban J connectivity index is 0.941. The topological polar surface area (TPSA) is 74.9 Å². The molecule has 0 amide bonds. The fraction of sp³-hybridized carbons (Fsp3) is 0.371. The number of hydrogen-bond acceptors (Lipinski definition) is 6. The van der Waals surface area contributed by atoms with Crippen molar-refractivity contribution < 1.29 is 4.74 Å². The molecule has 10 aliphatic rings. The number of ether oxygens (including phenoxy) is 1. The SMILES string of the molecule is C/C(=C\C(=C(/N)C1=CC2c3ccc4c(c3OC2CC1)N(C1CC=CCC1)C1CC=CC=C41)C1NC(C2C=CC=CC2)=NC(c2ccccc2)N1)C1CCC(C2=CC=CCC2)=C(C2=CCCC=C2)C1. The maximum atomic E-state index is 7.78. The first kappa shape index (κ1) is 43.2. The van der Waals surface area contributed by atoms with Crippen LogP contribution in [0.25, 0.3) is 5.57 Å². The molecule has 2 aromatic rings. The zero-order valence-electron chi connectivity index (χ0n) is 39.8. The molecule has 8 unspecified atom stereocenters. The fourth-order valence-corrected chi connectivity index (χ4v) is 13.0. The predicted octanol–water partition coefficient (Wildman–Crippen LogP) is 13.4. The van der Waals surface area contributed by atoms with Gasteiger partial charge in [0.25, 0.3) is 0 Å². The third-order valence-electron chi connectivity index (χ3n) is 16.6. The first-order valence-electron chi connectivity index (χ1n) is 26.0. The Bertz CT molecular complexity index is 2790. The minimum Gasteiger partial charge on any atom is -0.487 e. The maximum absolute atomic E-state index is 7.78. The highest BCUT2D eigenvalue weighted by molar-refractivity contribution is 5.94. The molecule has 0 saturated heterocycles. The van der Waals surface area contributed by atoms with Gasteiger partial charge in [-0.25, -0.2) is 4.99 Å². The van der Waals surface area contributed by atoms with E-state index in [-0.39, 0.29) is 30.3 Å². The Kier molecular flexibility index (Phi) is 11.9. The minimum atomic E-state index is -0.253. The van der Waals surface area contributed by atoms with Gasteiger partial charge >= 0.3 is 0 Å². The van der Waals surface area contributed by atoms with Gasteiger partial charge in [0.2, 0.25) is 0 Å². The van der Waals surface area contributed by atoms with Crippen LogP contribution in [-0.2, 0) is 0 Å². The largest absolute Gasteiger partial charge is 0.487 e. The molecule has 3 aliphatic heterocycles. The van der Waals surface area contributed by atoms with Crippen molar-refractivity contribution in [1.82, 2.24) is 10.6 Å². The Hall–Kier alpha value is -6.11. The van der Waals surface area contributed by atoms with Crippen molar-refractivity contribution in [1.29, 1.82) is 0 Å². The van der Waals surface area contributed by atoms with E-state index in [1.165, 1.54) is 51.1 Å². The molecule has 4 N–H and O–H groups in total. The number of benzene rings is 2. The van der Waals surface area contributed by atoms with Crippen LogP contribution >= 0.6 is 0 Å². The first-order valence-corrected chi connectivity index (χ1v) is 26.0. The number of fused-ring (bicyclic) bond motifs is 7. The molecule has 8 atom stereocenters. The Morgan fingerprint density at radius 2 is 1.74 bits per heavy atom. The molecule has 68 heavy (non-hydrogen) atoms. The van der Waals surface area contributed by atoms with Gasteiger partial charge in [-0.3, -0.25) is 5.32 Å². The zero-order valence-corrected chi connectivity index (χ0v) is 39.8. The molecule has 0 bridgehead atoms. The summed E-state index contributed by atoms with van der Waals surface area (Å²) in [5.74, 6) is 2.82. The van der Waals surface area contributed by atoms with Gasteiger partial charge in [-0.2, -0.15) is 0 Å². The lowest BCUT2D eigenvalue weighted by atomic mass is 9.74. The second-order valence-electron chi connectivity index (χ2n) is 20.6. The van der Waals surface area contributed by atoms with Gasteiger partial charge in [0, 0.05) is 40.3 Å². The quantitative estimate of drug-likeness (QED) is 0.173. The summed E-state index contributed by atoms with van der Waals surface area (Å²) in [6, 6.07) is 16.3. The zero-order chi connectivity index (χ0) is 45.6. The normalized spacial score (nSPS) is 30.8. The van der Waals surface area contributed by atoms with Gasteiger partial charge in [0.15, 0.2) is 0 Å². The second-order valence-corrected chi connectivity index (χ2v) is 20.6. The summed E-state index contributed by atoms with van der Waals surface area (Å²) in [7, 11) is 0. The molecule has 6 heteroatoms. The molecule has 2 aromatic carbocycles. The van der Waals surface area contributed by atoms with Gasteiger partial charge in [-0.1, -0.05) is 151 Å². The molecular formula is C62H67N5O. The molecule has 7 aliphatic carbocycles. The lowest BCUT2D eigenvalue weighted by Crippen LogP contribution is -2.54. The first-order chi connectivity index (χ1) is 33.6. The van der Waals surface area contributed by atoms with E-state index in [1.54, 1.807) is 11.1 Å². The smallest absolute Gasteiger partial charge is 0.147 e. The van der Waals surface area contributed by atoms with E-state index in [9.17, 15) is 0 Å². The lowest BCUT2D eigenvalue weighted by Gasteiger charge is -2.37. The van der Waals surface area contributed by atoms with E-state index in [0.717, 1.165) is 112 Å². The number of allylic oxidation sites excluding steroid dienone is 18. The van der Waals surface area contributed by atoms with Crippen molar-refractivity contribution in [2.75, 3.05) is 4.90 Å². The van der Waals surface area contributed by atoms with Crippen molar-refractivity contribution >= 4 is 17.1 Å². The Labute approximate surface area is 404 Å². The average Bonchev–Trinajstić information content (AvgIpc) is 3.96. The van der Waals surface area contributed by atoms with Crippen LogP contribution in [0.4, 0.5) is 5.69 Å². The molecule has 3 heterocycles. The average molecular weight is 898 g/mol. The van der Waals surface area contributed by atoms with E-state index < -0.39 is 0 Å². The third-order valence-corrected chi connectivity index (χ3v) is 16.6. The van der Waals surface area contributed by atoms with Crippen LogP contribution < -0.4 is 26.0 Å². The summed E-state index contributed by atoms with van der Waals surface area (Å²) in [4.78, 5) is 8.13. The van der Waals surface area contributed by atoms with Crippen molar-refractivity contribution in [2.24, 2.45) is 22.6 Å². The predicted molar refractivity (Wildman–Crippen MR) is 281 cm³/mol. The van der Waals surface area contributed by atoms with E-state index in [2.05, 4.69) is 168 Å². The Morgan fingerprint density at radius 1 is 0.824 bits per heavy atom. The molecule has 0 fully saturated rings. The third kappa shape index (κ3) is 8.12. The van der Waals surface area contributed by atoms with Crippen molar-refractivity contribution in [3.63, 3.8) is 0 Å². The molecule has 0 aromatic heterocycles. The van der Waals surface area contributed by atoms with E-state index in [0.29, 0.717) is 18.0 Å². The Morgan fingerprint density at radius 3 is 2.56 bits per heavy atom. The van der Waals surface area contributed by atoms with Crippen LogP contribution in [0.5, 0.6) is 5.75 Å². The molecule has 12 rings (SSSR count). The van der Waals surface area contributed by atoms with Gasteiger partial charge in [0.05, 0.1) is 11.7 Å². The van der Waals surface area contributed by atoms with Gasteiger partial charge in [-0.15, -0.1) is 0 Å². The van der Waals surface area contributed by atoms with Crippen LogP contribution in [0.2, 0.25) is 0 Å². The van der Waals surface area contributed by atoms with Crippen LogP contribution in [-0.4, -0.2) is 30.2 Å². The van der Waals surface area contributed by atoms with Crippen LogP contribution in [0, 0.1) is 11.8 Å². The lowest BCUT2D eigenvalue weighted by molar-refractivity contribution is 0.202. The molecule has 6 nitrogen and oxygen atoms in total. The van der Waals surface area contributed by atoms with Gasteiger partial charge in [-0.05, 0) is 142 Å². The van der Waals surface area contributed by atoms with E-state index in [1.807, 2.05) is 0 Å². The number of hydrogen-bond donors (Lipinski definition) is 3. The van der Waals surface area contributed by atoms with Gasteiger partial charge in [0.1, 0.15) is 30.0 Å². The number of nitrogens with two attached hydrogens (primary N) is 1. The molecule has 0 radical (unpaired) electrons. The molecule has 346 valence electrons. The van der Waals surface area contributed by atoms with Crippen molar-refractivity contribution in [3.8, 4) is 5.75 Å². The number of anilines is 1. The van der Waals surface area contributed by atoms with E-state index >= 15 is 0 Å². The number of aliphatic imine (C=N–C) groups is 1. The van der Waals surface area contributed by atoms with Crippen molar-refractivity contribution in [2.45, 2.75) is 133 Å². The molecule has 0 spiro atoms. The van der Waals surface area contributed by atoms with Crippen LogP contribution in [0.3, 0.4) is 0 Å². The van der Waals surface area contributed by atoms with Gasteiger partial charge < -0.3 is 20.7 Å². The summed E-state index contributed by atoms with van der Waals surface area (Å²) < 4.78 is 7.19. The molecular weight excluding hydrogens is 831 g/mol. The number of rotatable bonds is 9.